The van der Waals surface area contributed by atoms with E-state index in [9.17, 15) is 9.59 Å². The summed E-state index contributed by atoms with van der Waals surface area (Å²) in [5.41, 5.74) is 2.20. The number of thioether (sulfide) groups is 1. The molecule has 1 heterocycles. The lowest BCUT2D eigenvalue weighted by molar-refractivity contribution is -0.119. The van der Waals surface area contributed by atoms with E-state index in [1.54, 1.807) is 6.92 Å². The molecular formula is C19H22N4O2S. The van der Waals surface area contributed by atoms with Crippen LogP contribution in [0.15, 0.2) is 41.7 Å². The van der Waals surface area contributed by atoms with Crippen LogP contribution in [0.2, 0.25) is 0 Å². The maximum Gasteiger partial charge on any atom is 0.321 e. The van der Waals surface area contributed by atoms with Crippen molar-refractivity contribution >= 4 is 23.7 Å². The third-order valence-corrected chi connectivity index (χ3v) is 5.63. The summed E-state index contributed by atoms with van der Waals surface area (Å²) >= 11 is 1.40. The summed E-state index contributed by atoms with van der Waals surface area (Å²) in [6, 6.07) is 10.4. The van der Waals surface area contributed by atoms with Gasteiger partial charge in [-0.25, -0.2) is 9.78 Å². The summed E-state index contributed by atoms with van der Waals surface area (Å²) in [4.78, 5) is 28.6. The number of carbonyl (C=O) groups excluding carboxylic acids is 2. The third kappa shape index (κ3) is 3.93. The Morgan fingerprint density at radius 1 is 1.19 bits per heavy atom. The Morgan fingerprint density at radius 2 is 1.92 bits per heavy atom. The second kappa shape index (κ2) is 7.15. The molecule has 136 valence electrons. The molecule has 0 unspecified atom stereocenters. The quantitative estimate of drug-likeness (QED) is 0.765. The largest absolute Gasteiger partial charge is 0.335 e. The Kier molecular flexibility index (Phi) is 4.72. The fraction of sp³-hybridized carbons (Fsp3) is 0.421. The van der Waals surface area contributed by atoms with Crippen molar-refractivity contribution < 1.29 is 9.59 Å². The zero-order chi connectivity index (χ0) is 18.1. The van der Waals surface area contributed by atoms with E-state index in [1.165, 1.54) is 11.8 Å². The number of aromatic nitrogens is 2. The smallest absolute Gasteiger partial charge is 0.321 e. The molecule has 0 aliphatic heterocycles. The van der Waals surface area contributed by atoms with Crippen molar-refractivity contribution in [3.8, 4) is 11.3 Å². The Hall–Kier alpha value is -2.28. The van der Waals surface area contributed by atoms with Crippen molar-refractivity contribution in [2.75, 3.05) is 0 Å². The van der Waals surface area contributed by atoms with Gasteiger partial charge in [-0.05, 0) is 38.2 Å². The van der Waals surface area contributed by atoms with E-state index in [-0.39, 0.29) is 11.9 Å². The van der Waals surface area contributed by atoms with Crippen LogP contribution in [0.25, 0.3) is 11.3 Å². The van der Waals surface area contributed by atoms with Crippen LogP contribution >= 0.6 is 11.8 Å². The lowest BCUT2D eigenvalue weighted by Gasteiger charge is -2.14. The second-order valence-electron chi connectivity index (χ2n) is 6.89. The molecule has 26 heavy (non-hydrogen) atoms. The van der Waals surface area contributed by atoms with Gasteiger partial charge in [-0.2, -0.15) is 0 Å². The molecular weight excluding hydrogens is 348 g/mol. The zero-order valence-corrected chi connectivity index (χ0v) is 15.5. The van der Waals surface area contributed by atoms with Gasteiger partial charge in [0.15, 0.2) is 5.16 Å². The van der Waals surface area contributed by atoms with Crippen molar-refractivity contribution in [1.29, 1.82) is 0 Å². The number of benzene rings is 1. The minimum absolute atomic E-state index is 0.230. The second-order valence-corrected chi connectivity index (χ2v) is 8.20. The van der Waals surface area contributed by atoms with Crippen molar-refractivity contribution in [3.63, 3.8) is 0 Å². The highest BCUT2D eigenvalue weighted by Crippen LogP contribution is 2.42. The van der Waals surface area contributed by atoms with E-state index in [2.05, 4.69) is 32.3 Å². The van der Waals surface area contributed by atoms with Gasteiger partial charge in [0.05, 0.1) is 17.1 Å². The van der Waals surface area contributed by atoms with Crippen molar-refractivity contribution in [1.82, 2.24) is 20.2 Å². The number of imidazole rings is 1. The topological polar surface area (TPSA) is 76.0 Å². The van der Waals surface area contributed by atoms with Gasteiger partial charge in [0.2, 0.25) is 5.91 Å². The van der Waals surface area contributed by atoms with Crippen LogP contribution in [0.1, 0.15) is 38.6 Å². The molecule has 0 saturated heterocycles. The van der Waals surface area contributed by atoms with Crippen LogP contribution in [0, 0.1) is 0 Å². The van der Waals surface area contributed by atoms with Crippen LogP contribution in [-0.2, 0) is 4.79 Å². The zero-order valence-electron chi connectivity index (χ0n) is 14.6. The van der Waals surface area contributed by atoms with Crippen molar-refractivity contribution in [2.45, 2.75) is 55.1 Å². The van der Waals surface area contributed by atoms with Gasteiger partial charge in [0.1, 0.15) is 0 Å². The van der Waals surface area contributed by atoms with Crippen LogP contribution in [-0.4, -0.2) is 32.8 Å². The average molecular weight is 370 g/mol. The first-order valence-corrected chi connectivity index (χ1v) is 9.90. The van der Waals surface area contributed by atoms with Gasteiger partial charge < -0.3 is 9.88 Å². The van der Waals surface area contributed by atoms with E-state index < -0.39 is 11.3 Å². The van der Waals surface area contributed by atoms with E-state index in [0.717, 1.165) is 42.1 Å². The van der Waals surface area contributed by atoms with E-state index >= 15 is 0 Å². The Labute approximate surface area is 156 Å². The summed E-state index contributed by atoms with van der Waals surface area (Å²) < 4.78 is 2.23. The fourth-order valence-corrected chi connectivity index (χ4v) is 3.77. The van der Waals surface area contributed by atoms with Gasteiger partial charge in [-0.15, -0.1) is 0 Å². The molecule has 1 atom stereocenters. The summed E-state index contributed by atoms with van der Waals surface area (Å²) in [6.45, 7) is 1.80. The van der Waals surface area contributed by atoms with Gasteiger partial charge >= 0.3 is 6.03 Å². The molecule has 1 aromatic carbocycles. The summed E-state index contributed by atoms with van der Waals surface area (Å²) in [7, 11) is 0. The van der Waals surface area contributed by atoms with Crippen LogP contribution in [0.4, 0.5) is 4.79 Å². The van der Waals surface area contributed by atoms with Crippen LogP contribution < -0.4 is 10.6 Å². The lowest BCUT2D eigenvalue weighted by atomic mass is 10.2. The Balaban J connectivity index is 1.46. The van der Waals surface area contributed by atoms with Crippen molar-refractivity contribution in [3.05, 3.63) is 36.5 Å². The van der Waals surface area contributed by atoms with Gasteiger partial charge in [0, 0.05) is 12.1 Å². The third-order valence-electron chi connectivity index (χ3n) is 4.55. The van der Waals surface area contributed by atoms with E-state index in [0.29, 0.717) is 6.04 Å². The molecule has 4 rings (SSSR count). The monoisotopic (exact) mass is 370 g/mol. The fourth-order valence-electron chi connectivity index (χ4n) is 2.81. The number of rotatable bonds is 6. The normalized spacial score (nSPS) is 17.6. The molecule has 0 bridgehead atoms. The minimum Gasteiger partial charge on any atom is -0.335 e. The first kappa shape index (κ1) is 17.1. The van der Waals surface area contributed by atoms with Crippen molar-refractivity contribution in [2.24, 2.45) is 0 Å². The van der Waals surface area contributed by atoms with Crippen LogP contribution in [0.3, 0.4) is 0 Å². The molecule has 1 aromatic heterocycles. The average Bonchev–Trinajstić information content (AvgIpc) is 3.56. The Bertz CT molecular complexity index is 812. The molecule has 3 amide bonds. The molecule has 7 heteroatoms. The molecule has 2 N–H and O–H groups in total. The maximum absolute atomic E-state index is 12.3. The molecule has 2 aliphatic carbocycles. The number of hydrogen-bond acceptors (Lipinski definition) is 4. The van der Waals surface area contributed by atoms with E-state index in [4.69, 9.17) is 0 Å². The number of amides is 3. The first-order chi connectivity index (χ1) is 12.6. The predicted octanol–water partition coefficient (Wildman–Crippen LogP) is 3.35. The highest BCUT2D eigenvalue weighted by atomic mass is 32.2. The highest BCUT2D eigenvalue weighted by molar-refractivity contribution is 8.00. The number of imide groups is 1. The summed E-state index contributed by atoms with van der Waals surface area (Å²) in [6.07, 6.45) is 6.13. The SMILES string of the molecule is C[C@H](Sc1ncc(-c2ccccc2)n1C1CC1)C(=O)NC(=O)NC1CC1. The van der Waals surface area contributed by atoms with Crippen LogP contribution in [0.5, 0.6) is 0 Å². The molecule has 2 fully saturated rings. The molecule has 2 aromatic rings. The molecule has 0 spiro atoms. The van der Waals surface area contributed by atoms with Gasteiger partial charge in [0.25, 0.3) is 0 Å². The number of hydrogen-bond donors (Lipinski definition) is 2. The predicted molar refractivity (Wildman–Crippen MR) is 101 cm³/mol. The standard InChI is InChI=1S/C19H22N4O2S/c1-12(17(24)22-18(25)21-14-7-8-14)26-19-20-11-16(23(19)15-9-10-15)13-5-3-2-4-6-13/h2-6,11-12,14-15H,7-10H2,1H3,(H2,21,22,24,25)/t12-/m0/s1. The van der Waals surface area contributed by atoms with Gasteiger partial charge in [-0.1, -0.05) is 42.1 Å². The number of nitrogens with one attached hydrogen (secondary N) is 2. The molecule has 2 saturated carbocycles. The summed E-state index contributed by atoms with van der Waals surface area (Å²) in [5.74, 6) is -0.292. The molecule has 6 nitrogen and oxygen atoms in total. The molecule has 2 aliphatic rings. The Morgan fingerprint density at radius 3 is 2.58 bits per heavy atom. The maximum atomic E-state index is 12.3. The lowest BCUT2D eigenvalue weighted by Crippen LogP contribution is -2.43. The minimum atomic E-state index is -0.402. The number of carbonyl (C=O) groups is 2. The van der Waals surface area contributed by atoms with E-state index in [1.807, 2.05) is 24.4 Å². The molecule has 0 radical (unpaired) electrons. The highest BCUT2D eigenvalue weighted by Gasteiger charge is 2.31. The first-order valence-electron chi connectivity index (χ1n) is 9.02. The summed E-state index contributed by atoms with van der Waals surface area (Å²) in [5, 5.41) is 5.63. The number of nitrogens with zero attached hydrogens (tertiary/aromatic N) is 2. The number of urea groups is 1. The van der Waals surface area contributed by atoms with Gasteiger partial charge in [-0.3, -0.25) is 10.1 Å².